The number of hydrogen-bond donors (Lipinski definition) is 3. The zero-order valence-corrected chi connectivity index (χ0v) is 17.6. The van der Waals surface area contributed by atoms with Gasteiger partial charge in [0.1, 0.15) is 0 Å². The number of hydrogen-bond acceptors (Lipinski definition) is 4. The molecule has 0 bridgehead atoms. The van der Waals surface area contributed by atoms with Crippen molar-refractivity contribution < 1.29 is 4.74 Å². The Hall–Kier alpha value is -0.940. The molecule has 2 aliphatic rings. The molecule has 0 aromatic heterocycles. The molecule has 1 aromatic carbocycles. The molecule has 1 saturated heterocycles. The van der Waals surface area contributed by atoms with Crippen molar-refractivity contribution in [3.63, 3.8) is 0 Å². The van der Waals surface area contributed by atoms with Gasteiger partial charge >= 0.3 is 0 Å². The Morgan fingerprint density at radius 1 is 1.14 bits per heavy atom. The first-order chi connectivity index (χ1) is 13.7. The molecule has 28 heavy (non-hydrogen) atoms. The van der Waals surface area contributed by atoms with Crippen LogP contribution < -0.4 is 16.4 Å². The van der Waals surface area contributed by atoms with Crippen LogP contribution in [0, 0.1) is 12.5 Å². The van der Waals surface area contributed by atoms with Gasteiger partial charge in [-0.05, 0) is 56.4 Å². The molecule has 157 valence electrons. The quantitative estimate of drug-likeness (QED) is 0.518. The first kappa shape index (κ1) is 21.8. The van der Waals surface area contributed by atoms with Gasteiger partial charge in [-0.3, -0.25) is 10.6 Å². The van der Waals surface area contributed by atoms with Gasteiger partial charge in [0.15, 0.2) is 0 Å². The third kappa shape index (κ3) is 7.14. The number of nitrogens with one attached hydrogen (secondary N) is 2. The van der Waals surface area contributed by atoms with E-state index in [0.717, 1.165) is 32.3 Å². The van der Waals surface area contributed by atoms with E-state index in [0.29, 0.717) is 30.3 Å². The molecular formula is C24H40N3O. The summed E-state index contributed by atoms with van der Waals surface area (Å²) in [7, 11) is 0. The van der Waals surface area contributed by atoms with Crippen molar-refractivity contribution in [1.29, 1.82) is 0 Å². The fraction of sp³-hybridized carbons (Fsp3) is 0.708. The van der Waals surface area contributed by atoms with E-state index in [2.05, 4.69) is 54.4 Å². The van der Waals surface area contributed by atoms with Gasteiger partial charge in [-0.15, -0.1) is 0 Å². The summed E-state index contributed by atoms with van der Waals surface area (Å²) >= 11 is 0. The number of unbranched alkanes of at least 4 members (excludes halogenated alkanes) is 2. The van der Waals surface area contributed by atoms with E-state index in [9.17, 15) is 0 Å². The summed E-state index contributed by atoms with van der Waals surface area (Å²) in [5.74, 6) is 0.588. The Labute approximate surface area is 172 Å². The molecule has 4 heteroatoms. The average molecular weight is 387 g/mol. The standard InChI is InChI=1S/C24H40N3O/c1-2-3-5-10-23(28-18-19-8-6-4-7-9-19)20-15-16-26-24(17-20)27-22-13-11-21(25)12-14-22/h4,6-9,16,20-24,26-27H,2-3,5,10-15,17-18,25H2,1H3. The topological polar surface area (TPSA) is 59.3 Å². The SMILES string of the molecule is CCCCCC(OCc1ccccc1)C1C[CH]NC(NC2CCC(N)CC2)C1. The fourth-order valence-corrected chi connectivity index (χ4v) is 4.65. The molecule has 0 amide bonds. The highest BCUT2D eigenvalue weighted by atomic mass is 16.5. The van der Waals surface area contributed by atoms with Crippen LogP contribution in [0.1, 0.15) is 76.7 Å². The van der Waals surface area contributed by atoms with Crippen LogP contribution in [0.4, 0.5) is 0 Å². The summed E-state index contributed by atoms with van der Waals surface area (Å²) in [6, 6.07) is 11.6. The summed E-state index contributed by atoms with van der Waals surface area (Å²) < 4.78 is 6.47. The van der Waals surface area contributed by atoms with E-state index >= 15 is 0 Å². The average Bonchev–Trinajstić information content (AvgIpc) is 2.73. The highest BCUT2D eigenvalue weighted by molar-refractivity contribution is 5.13. The lowest BCUT2D eigenvalue weighted by molar-refractivity contribution is -0.0182. The van der Waals surface area contributed by atoms with Gasteiger partial charge in [-0.25, -0.2) is 0 Å². The number of piperidine rings is 1. The Balaban J connectivity index is 1.51. The lowest BCUT2D eigenvalue weighted by Crippen LogP contribution is -2.52. The molecule has 4 N–H and O–H groups in total. The second kappa shape index (κ2) is 11.9. The molecule has 3 unspecified atom stereocenters. The van der Waals surface area contributed by atoms with Gasteiger partial charge in [-0.2, -0.15) is 0 Å². The molecule has 1 radical (unpaired) electrons. The van der Waals surface area contributed by atoms with Gasteiger partial charge < -0.3 is 10.5 Å². The van der Waals surface area contributed by atoms with Crippen LogP contribution in [-0.4, -0.2) is 24.4 Å². The molecule has 3 atom stereocenters. The molecule has 1 aromatic rings. The lowest BCUT2D eigenvalue weighted by Gasteiger charge is -2.38. The van der Waals surface area contributed by atoms with Crippen molar-refractivity contribution in [3.05, 3.63) is 42.4 Å². The molecule has 3 rings (SSSR count). The smallest absolute Gasteiger partial charge is 0.0720 e. The van der Waals surface area contributed by atoms with Crippen LogP contribution in [-0.2, 0) is 11.3 Å². The third-order valence-electron chi connectivity index (χ3n) is 6.41. The van der Waals surface area contributed by atoms with Crippen LogP contribution >= 0.6 is 0 Å². The van der Waals surface area contributed by atoms with E-state index < -0.39 is 0 Å². The number of nitrogens with two attached hydrogens (primary N) is 1. The molecule has 1 heterocycles. The van der Waals surface area contributed by atoms with Crippen molar-refractivity contribution in [3.8, 4) is 0 Å². The van der Waals surface area contributed by atoms with Gasteiger partial charge in [0.2, 0.25) is 0 Å². The molecule has 4 nitrogen and oxygen atoms in total. The van der Waals surface area contributed by atoms with E-state index in [1.54, 1.807) is 0 Å². The van der Waals surface area contributed by atoms with Crippen LogP contribution in [0.25, 0.3) is 0 Å². The molecule has 0 spiro atoms. The maximum Gasteiger partial charge on any atom is 0.0720 e. The molecule has 1 saturated carbocycles. The summed E-state index contributed by atoms with van der Waals surface area (Å²) in [5.41, 5.74) is 7.34. The minimum Gasteiger partial charge on any atom is -0.373 e. The monoisotopic (exact) mass is 386 g/mol. The predicted molar refractivity (Wildman–Crippen MR) is 116 cm³/mol. The second-order valence-corrected chi connectivity index (χ2v) is 8.76. The molecule has 2 fully saturated rings. The number of rotatable bonds is 10. The summed E-state index contributed by atoms with van der Waals surface area (Å²) in [4.78, 5) is 0. The minimum absolute atomic E-state index is 0.342. The highest BCUT2D eigenvalue weighted by Crippen LogP contribution is 2.28. The maximum atomic E-state index is 6.47. The van der Waals surface area contributed by atoms with Crippen molar-refractivity contribution in [2.24, 2.45) is 11.7 Å². The fourth-order valence-electron chi connectivity index (χ4n) is 4.65. The van der Waals surface area contributed by atoms with Gasteiger partial charge in [0, 0.05) is 18.6 Å². The van der Waals surface area contributed by atoms with Crippen molar-refractivity contribution >= 4 is 0 Å². The van der Waals surface area contributed by atoms with Gasteiger partial charge in [0.25, 0.3) is 0 Å². The van der Waals surface area contributed by atoms with Crippen LogP contribution in [0.5, 0.6) is 0 Å². The molecule has 1 aliphatic carbocycles. The van der Waals surface area contributed by atoms with E-state index in [1.807, 2.05) is 0 Å². The van der Waals surface area contributed by atoms with Gasteiger partial charge in [-0.1, -0.05) is 56.5 Å². The van der Waals surface area contributed by atoms with Crippen molar-refractivity contribution in [1.82, 2.24) is 10.6 Å². The predicted octanol–water partition coefficient (Wildman–Crippen LogP) is 4.50. The zero-order chi connectivity index (χ0) is 19.6. The second-order valence-electron chi connectivity index (χ2n) is 8.76. The maximum absolute atomic E-state index is 6.47. The van der Waals surface area contributed by atoms with Crippen LogP contribution in [0.2, 0.25) is 0 Å². The lowest BCUT2D eigenvalue weighted by atomic mass is 9.86. The first-order valence-electron chi connectivity index (χ1n) is 11.5. The van der Waals surface area contributed by atoms with E-state index in [4.69, 9.17) is 10.5 Å². The van der Waals surface area contributed by atoms with Gasteiger partial charge in [0.05, 0.1) is 18.9 Å². The largest absolute Gasteiger partial charge is 0.373 e. The van der Waals surface area contributed by atoms with Crippen molar-refractivity contribution in [2.75, 3.05) is 0 Å². The molecular weight excluding hydrogens is 346 g/mol. The summed E-state index contributed by atoms with van der Waals surface area (Å²) in [5, 5.41) is 7.43. The highest BCUT2D eigenvalue weighted by Gasteiger charge is 2.30. The normalized spacial score (nSPS) is 29.5. The van der Waals surface area contributed by atoms with E-state index in [-0.39, 0.29) is 0 Å². The Bertz CT molecular complexity index is 530. The van der Waals surface area contributed by atoms with Crippen molar-refractivity contribution in [2.45, 2.75) is 102 Å². The number of benzene rings is 1. The summed E-state index contributed by atoms with van der Waals surface area (Å²) in [6.07, 6.45) is 12.6. The first-order valence-corrected chi connectivity index (χ1v) is 11.5. The Morgan fingerprint density at radius 3 is 2.68 bits per heavy atom. The zero-order valence-electron chi connectivity index (χ0n) is 17.6. The Kier molecular flexibility index (Phi) is 9.26. The van der Waals surface area contributed by atoms with Crippen LogP contribution in [0.15, 0.2) is 30.3 Å². The number of ether oxygens (including phenoxy) is 1. The summed E-state index contributed by atoms with van der Waals surface area (Å²) in [6.45, 7) is 5.26. The minimum atomic E-state index is 0.342. The van der Waals surface area contributed by atoms with Crippen LogP contribution in [0.3, 0.4) is 0 Å². The third-order valence-corrected chi connectivity index (χ3v) is 6.41. The molecule has 1 aliphatic heterocycles. The Morgan fingerprint density at radius 2 is 1.93 bits per heavy atom. The van der Waals surface area contributed by atoms with E-state index in [1.165, 1.54) is 44.1 Å².